The minimum atomic E-state index is -1.49. The molecule has 1 fully saturated rings. The number of hydrogen-bond donors (Lipinski definition) is 2. The van der Waals surface area contributed by atoms with Gasteiger partial charge in [-0.3, -0.25) is 10.2 Å². The first kappa shape index (κ1) is 15.7. The summed E-state index contributed by atoms with van der Waals surface area (Å²) in [7, 11) is 0. The van der Waals surface area contributed by atoms with Crippen molar-refractivity contribution in [1.29, 1.82) is 0 Å². The molecule has 0 aromatic rings. The Balaban J connectivity index is 2.76. The van der Waals surface area contributed by atoms with Crippen LogP contribution in [0, 0.1) is 0 Å². The highest BCUT2D eigenvalue weighted by atomic mass is 16.6. The van der Waals surface area contributed by atoms with Crippen LogP contribution in [0.2, 0.25) is 0 Å². The molecule has 1 rings (SSSR count). The average molecular weight is 274 g/mol. The van der Waals surface area contributed by atoms with Crippen LogP contribution in [-0.2, 0) is 14.3 Å². The van der Waals surface area contributed by atoms with Crippen molar-refractivity contribution in [3.8, 4) is 0 Å². The van der Waals surface area contributed by atoms with Crippen LogP contribution in [0.15, 0.2) is 0 Å². The molecule has 0 saturated carbocycles. The van der Waals surface area contributed by atoms with Crippen LogP contribution in [0.3, 0.4) is 0 Å². The number of carboxylic acid groups (broad SMARTS) is 1. The van der Waals surface area contributed by atoms with Gasteiger partial charge in [-0.2, -0.15) is 0 Å². The van der Waals surface area contributed by atoms with E-state index in [9.17, 15) is 14.7 Å². The summed E-state index contributed by atoms with van der Waals surface area (Å²) in [5.74, 6) is -1.12. The molecular formula is C12H22N2O5. The maximum atomic E-state index is 11.8. The highest BCUT2D eigenvalue weighted by Crippen LogP contribution is 2.16. The van der Waals surface area contributed by atoms with Gasteiger partial charge in [0.05, 0.1) is 13.2 Å². The number of alkyl carbamates (subject to hydrolysis) is 1. The molecule has 1 heterocycles. The molecule has 0 bridgehead atoms. The number of carboxylic acids is 1. The topological polar surface area (TPSA) is 88.1 Å². The second kappa shape index (κ2) is 5.75. The number of morpholine rings is 1. The van der Waals surface area contributed by atoms with Crippen LogP contribution in [0.25, 0.3) is 0 Å². The molecule has 0 radical (unpaired) electrons. The summed E-state index contributed by atoms with van der Waals surface area (Å²) in [5.41, 5.74) is -2.17. The van der Waals surface area contributed by atoms with Crippen LogP contribution < -0.4 is 5.32 Å². The van der Waals surface area contributed by atoms with Crippen molar-refractivity contribution in [2.75, 3.05) is 26.3 Å². The molecular weight excluding hydrogens is 252 g/mol. The van der Waals surface area contributed by atoms with Gasteiger partial charge in [-0.05, 0) is 27.7 Å². The van der Waals surface area contributed by atoms with Gasteiger partial charge in [0.15, 0.2) is 5.66 Å². The number of ether oxygens (including phenoxy) is 2. The number of rotatable bonds is 3. The third-order valence-electron chi connectivity index (χ3n) is 2.80. The van der Waals surface area contributed by atoms with E-state index in [0.29, 0.717) is 26.3 Å². The van der Waals surface area contributed by atoms with Gasteiger partial charge in [-0.1, -0.05) is 0 Å². The zero-order chi connectivity index (χ0) is 14.7. The van der Waals surface area contributed by atoms with Gasteiger partial charge in [0, 0.05) is 13.1 Å². The standard InChI is InChI=1S/C12H22N2O5/c1-11(2,3)19-10(17)13-12(4,9(15)16)14-5-7-18-8-6-14/h5-8H2,1-4H3,(H,13,17)(H,15,16)/t12-/m1/s1. The summed E-state index contributed by atoms with van der Waals surface area (Å²) >= 11 is 0. The quantitative estimate of drug-likeness (QED) is 0.785. The Hall–Kier alpha value is -1.34. The molecule has 0 aromatic heterocycles. The number of carbonyl (C=O) groups excluding carboxylic acids is 1. The highest BCUT2D eigenvalue weighted by Gasteiger charge is 2.42. The Morgan fingerprint density at radius 1 is 1.21 bits per heavy atom. The fourth-order valence-electron chi connectivity index (χ4n) is 1.78. The lowest BCUT2D eigenvalue weighted by atomic mass is 10.1. The number of nitrogens with zero attached hydrogens (tertiary/aromatic N) is 1. The number of carbonyl (C=O) groups is 2. The molecule has 7 heteroatoms. The summed E-state index contributed by atoms with van der Waals surface area (Å²) in [4.78, 5) is 24.9. The summed E-state index contributed by atoms with van der Waals surface area (Å²) in [6, 6.07) is 0. The normalized spacial score (nSPS) is 20.4. The Kier molecular flexibility index (Phi) is 4.75. The minimum absolute atomic E-state index is 0.443. The van der Waals surface area contributed by atoms with E-state index in [1.165, 1.54) is 6.92 Å². The number of hydrogen-bond acceptors (Lipinski definition) is 5. The van der Waals surface area contributed by atoms with Gasteiger partial charge >= 0.3 is 12.1 Å². The molecule has 0 aliphatic carbocycles. The molecule has 19 heavy (non-hydrogen) atoms. The summed E-state index contributed by atoms with van der Waals surface area (Å²) in [6.45, 7) is 8.39. The molecule has 7 nitrogen and oxygen atoms in total. The second-order valence-electron chi connectivity index (χ2n) is 5.60. The minimum Gasteiger partial charge on any atom is -0.478 e. The molecule has 1 aliphatic heterocycles. The first-order valence-electron chi connectivity index (χ1n) is 6.22. The van der Waals surface area contributed by atoms with E-state index in [-0.39, 0.29) is 0 Å². The third-order valence-corrected chi connectivity index (χ3v) is 2.80. The summed E-state index contributed by atoms with van der Waals surface area (Å²) < 4.78 is 10.3. The smallest absolute Gasteiger partial charge is 0.409 e. The zero-order valence-electron chi connectivity index (χ0n) is 11.9. The van der Waals surface area contributed by atoms with E-state index in [0.717, 1.165) is 0 Å². The van der Waals surface area contributed by atoms with E-state index in [2.05, 4.69) is 5.32 Å². The molecule has 0 spiro atoms. The average Bonchev–Trinajstić information content (AvgIpc) is 2.27. The lowest BCUT2D eigenvalue weighted by molar-refractivity contribution is -0.156. The van der Waals surface area contributed by atoms with E-state index < -0.39 is 23.3 Å². The first-order chi connectivity index (χ1) is 8.65. The first-order valence-corrected chi connectivity index (χ1v) is 6.22. The highest BCUT2D eigenvalue weighted by molar-refractivity contribution is 5.83. The molecule has 110 valence electrons. The van der Waals surface area contributed by atoms with Crippen LogP contribution >= 0.6 is 0 Å². The van der Waals surface area contributed by atoms with Crippen molar-refractivity contribution in [3.05, 3.63) is 0 Å². The van der Waals surface area contributed by atoms with Crippen molar-refractivity contribution in [3.63, 3.8) is 0 Å². The fourth-order valence-corrected chi connectivity index (χ4v) is 1.78. The van der Waals surface area contributed by atoms with E-state index in [1.54, 1.807) is 25.7 Å². The number of amides is 1. The predicted octanol–water partition coefficient (Wildman–Crippen LogP) is 0.644. The van der Waals surface area contributed by atoms with E-state index in [1.807, 2.05) is 0 Å². The monoisotopic (exact) mass is 274 g/mol. The zero-order valence-corrected chi connectivity index (χ0v) is 11.9. The van der Waals surface area contributed by atoms with Crippen molar-refractivity contribution < 1.29 is 24.2 Å². The van der Waals surface area contributed by atoms with Crippen LogP contribution in [0.1, 0.15) is 27.7 Å². The van der Waals surface area contributed by atoms with Crippen LogP contribution in [0.4, 0.5) is 4.79 Å². The molecule has 2 N–H and O–H groups in total. The molecule has 1 atom stereocenters. The third kappa shape index (κ3) is 4.36. The van der Waals surface area contributed by atoms with Gasteiger partial charge in [0.25, 0.3) is 0 Å². The van der Waals surface area contributed by atoms with E-state index >= 15 is 0 Å². The molecule has 1 amide bonds. The SMILES string of the molecule is CC(C)(C)OC(=O)N[C@@](C)(C(=O)O)N1CCOCC1. The fraction of sp³-hybridized carbons (Fsp3) is 0.833. The Morgan fingerprint density at radius 3 is 2.16 bits per heavy atom. The summed E-state index contributed by atoms with van der Waals surface area (Å²) in [6.07, 6.45) is -0.746. The van der Waals surface area contributed by atoms with Crippen molar-refractivity contribution >= 4 is 12.1 Å². The van der Waals surface area contributed by atoms with Crippen molar-refractivity contribution in [1.82, 2.24) is 10.2 Å². The van der Waals surface area contributed by atoms with Gasteiger partial charge in [0.1, 0.15) is 5.60 Å². The molecule has 0 aromatic carbocycles. The predicted molar refractivity (Wildman–Crippen MR) is 67.8 cm³/mol. The van der Waals surface area contributed by atoms with E-state index in [4.69, 9.17) is 9.47 Å². The molecule has 1 aliphatic rings. The van der Waals surface area contributed by atoms with Crippen LogP contribution in [-0.4, -0.2) is 59.6 Å². The Bertz CT molecular complexity index is 347. The largest absolute Gasteiger partial charge is 0.478 e. The molecule has 0 unspecified atom stereocenters. The van der Waals surface area contributed by atoms with Gasteiger partial charge in [-0.25, -0.2) is 9.59 Å². The molecule has 1 saturated heterocycles. The lowest BCUT2D eigenvalue weighted by Gasteiger charge is -2.40. The number of aliphatic carboxylic acids is 1. The van der Waals surface area contributed by atoms with Crippen LogP contribution in [0.5, 0.6) is 0 Å². The maximum Gasteiger partial charge on any atom is 0.409 e. The van der Waals surface area contributed by atoms with Gasteiger partial charge in [0.2, 0.25) is 0 Å². The number of nitrogens with one attached hydrogen (secondary N) is 1. The van der Waals surface area contributed by atoms with Crippen molar-refractivity contribution in [2.24, 2.45) is 0 Å². The second-order valence-corrected chi connectivity index (χ2v) is 5.60. The van der Waals surface area contributed by atoms with Crippen molar-refractivity contribution in [2.45, 2.75) is 39.0 Å². The summed E-state index contributed by atoms with van der Waals surface area (Å²) in [5, 5.41) is 11.8. The van der Waals surface area contributed by atoms with Gasteiger partial charge in [-0.15, -0.1) is 0 Å². The lowest BCUT2D eigenvalue weighted by Crippen LogP contribution is -2.66. The van der Waals surface area contributed by atoms with Gasteiger partial charge < -0.3 is 14.6 Å². The maximum absolute atomic E-state index is 11.8. The Labute approximate surface area is 112 Å². The Morgan fingerprint density at radius 2 is 1.74 bits per heavy atom.